The Kier molecular flexibility index (Phi) is 8.72. The average molecular weight is 641 g/mol. The molecule has 2 N–H and O–H groups in total. The molecule has 2 aliphatic rings. The highest BCUT2D eigenvalue weighted by Crippen LogP contribution is 2.42. The summed E-state index contributed by atoms with van der Waals surface area (Å²) >= 11 is 0. The van der Waals surface area contributed by atoms with Crippen LogP contribution in [-0.4, -0.2) is 82.1 Å². The van der Waals surface area contributed by atoms with Crippen molar-refractivity contribution in [2.24, 2.45) is 0 Å². The zero-order valence-corrected chi connectivity index (χ0v) is 25.2. The van der Waals surface area contributed by atoms with Crippen LogP contribution in [0.2, 0.25) is 0 Å². The summed E-state index contributed by atoms with van der Waals surface area (Å²) < 4.78 is 50.5. The molecular weight excluding hydrogens is 609 g/mol. The van der Waals surface area contributed by atoms with Crippen LogP contribution in [0, 0.1) is 0 Å². The summed E-state index contributed by atoms with van der Waals surface area (Å²) in [5, 5.41) is 5.50. The number of alkyl halides is 3. The number of carbonyl (C=O) groups is 3. The summed E-state index contributed by atoms with van der Waals surface area (Å²) in [5.74, 6) is -0.815. The Morgan fingerprint density at radius 1 is 1.13 bits per heavy atom. The van der Waals surface area contributed by atoms with Crippen LogP contribution in [-0.2, 0) is 14.4 Å². The molecule has 3 aromatic rings. The number of rotatable bonds is 8. The van der Waals surface area contributed by atoms with Crippen molar-refractivity contribution >= 4 is 52.4 Å². The van der Waals surface area contributed by atoms with E-state index in [1.165, 1.54) is 24.1 Å². The van der Waals surface area contributed by atoms with Crippen molar-refractivity contribution < 1.29 is 37.0 Å². The lowest BCUT2D eigenvalue weighted by molar-refractivity contribution is -0.154. The minimum atomic E-state index is -4.63. The maximum absolute atomic E-state index is 13.6. The van der Waals surface area contributed by atoms with Gasteiger partial charge in [-0.15, -0.1) is 0 Å². The van der Waals surface area contributed by atoms with Crippen molar-refractivity contribution in [1.82, 2.24) is 19.9 Å². The molecule has 5 rings (SSSR count). The molecule has 4 heterocycles. The first-order chi connectivity index (χ1) is 21.7. The number of amides is 3. The predicted molar refractivity (Wildman–Crippen MR) is 163 cm³/mol. The molecule has 242 valence electrons. The van der Waals surface area contributed by atoms with Gasteiger partial charge in [0, 0.05) is 38.8 Å². The third-order valence-corrected chi connectivity index (χ3v) is 7.10. The van der Waals surface area contributed by atoms with Gasteiger partial charge in [0.2, 0.25) is 23.6 Å². The molecule has 0 spiro atoms. The lowest BCUT2D eigenvalue weighted by atomic mass is 10.0. The number of hydrogen-bond acceptors (Lipinski definition) is 10. The van der Waals surface area contributed by atoms with Gasteiger partial charge >= 0.3 is 6.18 Å². The van der Waals surface area contributed by atoms with Gasteiger partial charge < -0.3 is 29.9 Å². The number of ether oxygens (including phenoxy) is 2. The molecule has 16 heteroatoms. The second-order valence-electron chi connectivity index (χ2n) is 10.9. The van der Waals surface area contributed by atoms with Crippen LogP contribution in [0.3, 0.4) is 0 Å². The molecule has 0 radical (unpaired) electrons. The molecule has 1 aromatic carbocycles. The van der Waals surface area contributed by atoms with Crippen LogP contribution in [0.5, 0.6) is 11.6 Å². The molecule has 3 amide bonds. The van der Waals surface area contributed by atoms with Crippen LogP contribution in [0.25, 0.3) is 0 Å². The number of anilines is 6. The van der Waals surface area contributed by atoms with Gasteiger partial charge in [0.05, 0.1) is 11.9 Å². The molecule has 13 nitrogen and oxygen atoms in total. The number of fused-ring (bicyclic) bond motifs is 1. The van der Waals surface area contributed by atoms with Crippen molar-refractivity contribution in [1.29, 1.82) is 0 Å². The molecule has 1 saturated heterocycles. The Bertz CT molecular complexity index is 1670. The number of piperazine rings is 1. The molecular formula is C30H31F3N8O5. The number of nitrogens with zero attached hydrogens (tertiary/aromatic N) is 6. The van der Waals surface area contributed by atoms with E-state index in [1.54, 1.807) is 49.1 Å². The van der Waals surface area contributed by atoms with Gasteiger partial charge in [0.25, 0.3) is 5.91 Å². The van der Waals surface area contributed by atoms with Crippen molar-refractivity contribution in [2.45, 2.75) is 32.5 Å². The van der Waals surface area contributed by atoms with Gasteiger partial charge in [-0.1, -0.05) is 12.6 Å². The number of hydrogen-bond donors (Lipinski definition) is 2. The fourth-order valence-electron chi connectivity index (χ4n) is 4.83. The molecule has 0 bridgehead atoms. The SMILES string of the molecule is C=CC(=O)Nc1cccc(N2C(=O)C(C)(C)Oc3cnc(Nc4ccc(N5CCN(C(C)=O)CC5)nc4OCC(F)(F)F)nc32)c1. The number of benzene rings is 1. The van der Waals surface area contributed by atoms with Gasteiger partial charge in [-0.3, -0.25) is 19.3 Å². The third-order valence-electron chi connectivity index (χ3n) is 7.10. The largest absolute Gasteiger partial charge is 0.472 e. The predicted octanol–water partition coefficient (Wildman–Crippen LogP) is 4.19. The normalized spacial score (nSPS) is 15.9. The Morgan fingerprint density at radius 3 is 2.54 bits per heavy atom. The smallest absolute Gasteiger partial charge is 0.422 e. The van der Waals surface area contributed by atoms with Crippen molar-refractivity contribution in [2.75, 3.05) is 53.2 Å². The van der Waals surface area contributed by atoms with Crippen LogP contribution in [0.1, 0.15) is 20.8 Å². The molecule has 46 heavy (non-hydrogen) atoms. The van der Waals surface area contributed by atoms with E-state index < -0.39 is 30.2 Å². The first-order valence-corrected chi connectivity index (χ1v) is 14.2. The van der Waals surface area contributed by atoms with E-state index >= 15 is 0 Å². The van der Waals surface area contributed by atoms with Gasteiger partial charge in [0.15, 0.2) is 23.8 Å². The Labute approximate surface area is 262 Å². The van der Waals surface area contributed by atoms with Crippen molar-refractivity contribution in [3.63, 3.8) is 0 Å². The highest BCUT2D eigenvalue weighted by molar-refractivity contribution is 6.08. The quantitative estimate of drug-likeness (QED) is 0.345. The Balaban J connectivity index is 1.47. The van der Waals surface area contributed by atoms with E-state index in [-0.39, 0.29) is 35.0 Å². The second kappa shape index (κ2) is 12.5. The van der Waals surface area contributed by atoms with Crippen LogP contribution in [0.4, 0.5) is 47.8 Å². The Morgan fingerprint density at radius 2 is 1.87 bits per heavy atom. The maximum Gasteiger partial charge on any atom is 0.422 e. The molecule has 0 unspecified atom stereocenters. The fraction of sp³-hybridized carbons (Fsp3) is 0.333. The topological polar surface area (TPSA) is 142 Å². The van der Waals surface area contributed by atoms with Crippen LogP contribution < -0.4 is 29.9 Å². The summed E-state index contributed by atoms with van der Waals surface area (Å²) in [7, 11) is 0. The molecule has 0 atom stereocenters. The van der Waals surface area contributed by atoms with E-state index in [0.717, 1.165) is 6.08 Å². The zero-order chi connectivity index (χ0) is 33.2. The third kappa shape index (κ3) is 7.11. The van der Waals surface area contributed by atoms with Crippen molar-refractivity contribution in [3.05, 3.63) is 55.3 Å². The summed E-state index contributed by atoms with van der Waals surface area (Å²) in [5.41, 5.74) is -0.507. The maximum atomic E-state index is 13.6. The highest BCUT2D eigenvalue weighted by Gasteiger charge is 2.43. The Hall–Kier alpha value is -5.41. The standard InChI is InChI=1S/C30H31F3N8O5/c1-5-24(43)35-19-7-6-8-20(15-19)41-25-22(46-29(3,4)27(41)44)16-34-28(38-25)36-21-9-10-23(37-26(21)45-17-30(31,32)33)40-13-11-39(12-14-40)18(2)42/h5-10,15-16H,1,11-14,17H2,2-4H3,(H,35,43)(H,34,36,38). The van der Waals surface area contributed by atoms with Gasteiger partial charge in [0.1, 0.15) is 11.5 Å². The molecule has 0 aliphatic carbocycles. The van der Waals surface area contributed by atoms with Crippen molar-refractivity contribution in [3.8, 4) is 11.6 Å². The number of carbonyl (C=O) groups excluding carboxylic acids is 3. The van der Waals surface area contributed by atoms with E-state index in [9.17, 15) is 27.6 Å². The lowest BCUT2D eigenvalue weighted by Crippen LogP contribution is -2.51. The van der Waals surface area contributed by atoms with Crippen LogP contribution >= 0.6 is 0 Å². The summed E-state index contributed by atoms with van der Waals surface area (Å²) in [6.07, 6.45) is -2.18. The molecule has 1 fully saturated rings. The average Bonchev–Trinajstić information content (AvgIpc) is 3.01. The zero-order valence-electron chi connectivity index (χ0n) is 25.2. The number of aromatic nitrogens is 3. The monoisotopic (exact) mass is 640 g/mol. The van der Waals surface area contributed by atoms with Crippen LogP contribution in [0.15, 0.2) is 55.3 Å². The summed E-state index contributed by atoms with van der Waals surface area (Å²) in [6, 6.07) is 9.58. The van der Waals surface area contributed by atoms with E-state index in [0.29, 0.717) is 43.4 Å². The number of pyridine rings is 1. The van der Waals surface area contributed by atoms with Gasteiger partial charge in [-0.05, 0) is 50.3 Å². The minimum absolute atomic E-state index is 0.0411. The minimum Gasteiger partial charge on any atom is -0.472 e. The fourth-order valence-corrected chi connectivity index (χ4v) is 4.83. The van der Waals surface area contributed by atoms with Gasteiger partial charge in [-0.2, -0.15) is 23.1 Å². The number of halogens is 3. The van der Waals surface area contributed by atoms with E-state index in [4.69, 9.17) is 9.47 Å². The lowest BCUT2D eigenvalue weighted by Gasteiger charge is -2.37. The first kappa shape index (κ1) is 32.0. The second-order valence-corrected chi connectivity index (χ2v) is 10.9. The summed E-state index contributed by atoms with van der Waals surface area (Å²) in [4.78, 5) is 55.1. The highest BCUT2D eigenvalue weighted by atomic mass is 19.4. The van der Waals surface area contributed by atoms with Gasteiger partial charge in [-0.25, -0.2) is 4.98 Å². The number of nitrogens with one attached hydrogen (secondary N) is 2. The summed E-state index contributed by atoms with van der Waals surface area (Å²) in [6.45, 7) is 8.24. The first-order valence-electron chi connectivity index (χ1n) is 14.2. The van der Waals surface area contributed by atoms with E-state index in [1.807, 2.05) is 4.90 Å². The molecule has 2 aliphatic heterocycles. The molecule has 2 aromatic heterocycles. The van der Waals surface area contributed by atoms with E-state index in [2.05, 4.69) is 32.2 Å². The molecule has 0 saturated carbocycles.